The average Bonchev–Trinajstić information content (AvgIpc) is 2.60. The molecule has 24 heavy (non-hydrogen) atoms. The molecule has 4 nitrogen and oxygen atoms in total. The van der Waals surface area contributed by atoms with E-state index in [1.54, 1.807) is 12.1 Å². The van der Waals surface area contributed by atoms with Gasteiger partial charge in [-0.25, -0.2) is 0 Å². The molecule has 3 N–H and O–H groups in total. The second-order valence-corrected chi connectivity index (χ2v) is 6.81. The summed E-state index contributed by atoms with van der Waals surface area (Å²) in [6.07, 6.45) is 0.990. The van der Waals surface area contributed by atoms with Gasteiger partial charge in [0.25, 0.3) is 0 Å². The van der Waals surface area contributed by atoms with Gasteiger partial charge < -0.3 is 5.32 Å². The van der Waals surface area contributed by atoms with Crippen molar-refractivity contribution in [3.05, 3.63) is 59.1 Å². The van der Waals surface area contributed by atoms with Crippen molar-refractivity contribution in [2.45, 2.75) is 18.2 Å². The lowest BCUT2D eigenvalue weighted by molar-refractivity contribution is -0.119. The number of benzene rings is 2. The van der Waals surface area contributed by atoms with Crippen molar-refractivity contribution < 1.29 is 4.79 Å². The molecular weight excluding hydrogens is 362 g/mol. The van der Waals surface area contributed by atoms with Crippen LogP contribution >= 0.6 is 35.6 Å². The second kappa shape index (κ2) is 9.52. The van der Waals surface area contributed by atoms with Crippen molar-refractivity contribution in [1.29, 1.82) is 0 Å². The zero-order valence-corrected chi connectivity index (χ0v) is 15.5. The van der Waals surface area contributed by atoms with Gasteiger partial charge in [-0.2, -0.15) is 0 Å². The van der Waals surface area contributed by atoms with E-state index in [4.69, 9.17) is 23.8 Å². The Bertz CT molecular complexity index is 690. The summed E-state index contributed by atoms with van der Waals surface area (Å²) in [6, 6.07) is 15.3. The second-order valence-electron chi connectivity index (χ2n) is 4.92. The van der Waals surface area contributed by atoms with Crippen molar-refractivity contribution in [3.63, 3.8) is 0 Å². The lowest BCUT2D eigenvalue weighted by atomic mass is 10.1. The van der Waals surface area contributed by atoms with Crippen LogP contribution in [0.15, 0.2) is 53.4 Å². The Hall–Kier alpha value is -1.76. The number of hydrogen-bond donors (Lipinski definition) is 3. The van der Waals surface area contributed by atoms with Crippen LogP contribution in [-0.2, 0) is 11.2 Å². The molecule has 0 aliphatic carbocycles. The van der Waals surface area contributed by atoms with Gasteiger partial charge in [-0.1, -0.05) is 30.7 Å². The Morgan fingerprint density at radius 2 is 1.75 bits per heavy atom. The fraction of sp³-hybridized carbons (Fsp3) is 0.176. The van der Waals surface area contributed by atoms with Crippen LogP contribution in [0.5, 0.6) is 0 Å². The molecule has 2 aromatic rings. The molecule has 0 aliphatic heterocycles. The quantitative estimate of drug-likeness (QED) is 0.416. The minimum absolute atomic E-state index is 0.166. The number of amides is 1. The molecule has 126 valence electrons. The summed E-state index contributed by atoms with van der Waals surface area (Å²) in [5, 5.41) is 4.02. The molecule has 0 fully saturated rings. The van der Waals surface area contributed by atoms with Crippen LogP contribution in [0.3, 0.4) is 0 Å². The van der Waals surface area contributed by atoms with Gasteiger partial charge in [-0.15, -0.1) is 11.8 Å². The van der Waals surface area contributed by atoms with Crippen molar-refractivity contribution in [1.82, 2.24) is 10.9 Å². The number of aryl methyl sites for hydroxylation is 1. The van der Waals surface area contributed by atoms with Crippen molar-refractivity contribution in [2.24, 2.45) is 0 Å². The van der Waals surface area contributed by atoms with Gasteiger partial charge in [-0.3, -0.25) is 15.6 Å². The highest BCUT2D eigenvalue weighted by Crippen LogP contribution is 2.19. The lowest BCUT2D eigenvalue weighted by Crippen LogP contribution is -2.44. The first-order valence-electron chi connectivity index (χ1n) is 7.40. The van der Waals surface area contributed by atoms with E-state index in [1.807, 2.05) is 36.4 Å². The Balaban J connectivity index is 1.70. The van der Waals surface area contributed by atoms with Gasteiger partial charge >= 0.3 is 0 Å². The standard InChI is InChI=1S/C17H18ClN3OS2/c1-2-12-3-7-14(8-4-12)19-17(23)21-20-16(22)11-24-15-9-5-13(18)6-10-15/h3-10H,2,11H2,1H3,(H,20,22)(H2,19,21,23). The molecule has 0 atom stereocenters. The number of halogens is 1. The highest BCUT2D eigenvalue weighted by atomic mass is 35.5. The lowest BCUT2D eigenvalue weighted by Gasteiger charge is -2.12. The Kier molecular flexibility index (Phi) is 7.36. The first kappa shape index (κ1) is 18.6. The molecule has 1 amide bonds. The zero-order chi connectivity index (χ0) is 17.4. The molecule has 0 aliphatic rings. The Morgan fingerprint density at radius 3 is 2.38 bits per heavy atom. The molecule has 0 spiro atoms. The maximum absolute atomic E-state index is 11.8. The van der Waals surface area contributed by atoms with Gasteiger partial charge in [0.1, 0.15) is 0 Å². The van der Waals surface area contributed by atoms with E-state index < -0.39 is 0 Å². The Labute approximate surface area is 156 Å². The monoisotopic (exact) mass is 379 g/mol. The predicted molar refractivity (Wildman–Crippen MR) is 105 cm³/mol. The van der Waals surface area contributed by atoms with Crippen LogP contribution in [0, 0.1) is 0 Å². The van der Waals surface area contributed by atoms with E-state index in [0.717, 1.165) is 17.0 Å². The van der Waals surface area contributed by atoms with Gasteiger partial charge in [-0.05, 0) is 60.6 Å². The molecule has 0 bridgehead atoms. The van der Waals surface area contributed by atoms with Gasteiger partial charge in [0.15, 0.2) is 5.11 Å². The summed E-state index contributed by atoms with van der Waals surface area (Å²) in [6.45, 7) is 2.10. The number of carbonyl (C=O) groups excluding carboxylic acids is 1. The highest BCUT2D eigenvalue weighted by Gasteiger charge is 2.04. The molecular formula is C17H18ClN3OS2. The summed E-state index contributed by atoms with van der Waals surface area (Å²) >= 11 is 12.4. The summed E-state index contributed by atoms with van der Waals surface area (Å²) in [5.74, 6) is 0.114. The predicted octanol–water partition coefficient (Wildman–Crippen LogP) is 4.01. The van der Waals surface area contributed by atoms with E-state index in [0.29, 0.717) is 10.1 Å². The van der Waals surface area contributed by atoms with E-state index >= 15 is 0 Å². The van der Waals surface area contributed by atoms with Crippen LogP contribution < -0.4 is 16.2 Å². The van der Waals surface area contributed by atoms with E-state index in [1.165, 1.54) is 17.3 Å². The van der Waals surface area contributed by atoms with Crippen LogP contribution in [0.25, 0.3) is 0 Å². The summed E-state index contributed by atoms with van der Waals surface area (Å²) in [5.41, 5.74) is 7.38. The number of hydrogen-bond acceptors (Lipinski definition) is 3. The maximum atomic E-state index is 11.8. The van der Waals surface area contributed by atoms with E-state index in [2.05, 4.69) is 23.1 Å². The van der Waals surface area contributed by atoms with Crippen LogP contribution in [0.2, 0.25) is 5.02 Å². The first-order chi connectivity index (χ1) is 11.6. The number of thiocarbonyl (C=S) groups is 1. The number of nitrogens with one attached hydrogen (secondary N) is 3. The largest absolute Gasteiger partial charge is 0.331 e. The molecule has 0 radical (unpaired) electrons. The number of rotatable bonds is 5. The normalized spacial score (nSPS) is 10.1. The molecule has 0 heterocycles. The molecule has 2 rings (SSSR count). The van der Waals surface area contributed by atoms with Gasteiger partial charge in [0.2, 0.25) is 5.91 Å². The van der Waals surface area contributed by atoms with Crippen molar-refractivity contribution in [2.75, 3.05) is 11.1 Å². The summed E-state index contributed by atoms with van der Waals surface area (Å²) < 4.78 is 0. The minimum Gasteiger partial charge on any atom is -0.331 e. The fourth-order valence-electron chi connectivity index (χ4n) is 1.83. The fourth-order valence-corrected chi connectivity index (χ4v) is 2.82. The van der Waals surface area contributed by atoms with Gasteiger partial charge in [0, 0.05) is 15.6 Å². The molecule has 0 unspecified atom stereocenters. The first-order valence-corrected chi connectivity index (χ1v) is 9.17. The molecule has 0 aromatic heterocycles. The number of hydrazine groups is 1. The SMILES string of the molecule is CCc1ccc(NC(=S)NNC(=O)CSc2ccc(Cl)cc2)cc1. The molecule has 0 saturated heterocycles. The highest BCUT2D eigenvalue weighted by molar-refractivity contribution is 8.00. The van der Waals surface area contributed by atoms with Crippen LogP contribution in [0.4, 0.5) is 5.69 Å². The van der Waals surface area contributed by atoms with E-state index in [-0.39, 0.29) is 11.7 Å². The van der Waals surface area contributed by atoms with Crippen molar-refractivity contribution >= 4 is 52.3 Å². The topological polar surface area (TPSA) is 53.2 Å². The minimum atomic E-state index is -0.166. The number of carbonyl (C=O) groups is 1. The smallest absolute Gasteiger partial charge is 0.248 e. The van der Waals surface area contributed by atoms with Crippen molar-refractivity contribution in [3.8, 4) is 0 Å². The third-order valence-corrected chi connectivity index (χ3v) is 4.59. The van der Waals surface area contributed by atoms with Crippen LogP contribution in [-0.4, -0.2) is 16.8 Å². The summed E-state index contributed by atoms with van der Waals surface area (Å²) in [4.78, 5) is 12.8. The molecule has 0 saturated carbocycles. The van der Waals surface area contributed by atoms with Crippen LogP contribution in [0.1, 0.15) is 12.5 Å². The van der Waals surface area contributed by atoms with E-state index in [9.17, 15) is 4.79 Å². The molecule has 2 aromatic carbocycles. The number of anilines is 1. The zero-order valence-electron chi connectivity index (χ0n) is 13.1. The molecule has 7 heteroatoms. The average molecular weight is 380 g/mol. The third-order valence-electron chi connectivity index (χ3n) is 3.12. The third kappa shape index (κ3) is 6.39. The number of thioether (sulfide) groups is 1. The summed E-state index contributed by atoms with van der Waals surface area (Å²) in [7, 11) is 0. The van der Waals surface area contributed by atoms with Gasteiger partial charge in [0.05, 0.1) is 5.75 Å². The Morgan fingerprint density at radius 1 is 1.08 bits per heavy atom. The maximum Gasteiger partial charge on any atom is 0.248 e.